The molecule has 4 rings (SSSR count). The molecule has 1 aromatic carbocycles. The van der Waals surface area contributed by atoms with Crippen LogP contribution in [0.3, 0.4) is 0 Å². The van der Waals surface area contributed by atoms with E-state index in [4.69, 9.17) is 22.1 Å². The summed E-state index contributed by atoms with van der Waals surface area (Å²) in [5.41, 5.74) is 9.86. The number of hydrogen-bond acceptors (Lipinski definition) is 8. The van der Waals surface area contributed by atoms with Gasteiger partial charge in [-0.1, -0.05) is 17.7 Å². The molecular weight excluding hydrogens is 470 g/mol. The number of carbonyl (C=O) groups excluding carboxylic acids is 2. The van der Waals surface area contributed by atoms with Crippen LogP contribution in [0.1, 0.15) is 50.5 Å². The van der Waals surface area contributed by atoms with E-state index in [9.17, 15) is 9.59 Å². The molecule has 10 nitrogen and oxygen atoms in total. The van der Waals surface area contributed by atoms with E-state index in [1.807, 2.05) is 32.0 Å². The normalized spacial score (nSPS) is 11.0. The Morgan fingerprint density at radius 1 is 1.17 bits per heavy atom. The van der Waals surface area contributed by atoms with Crippen molar-refractivity contribution in [1.82, 2.24) is 30.0 Å². The summed E-state index contributed by atoms with van der Waals surface area (Å²) in [5, 5.41) is 8.44. The molecular formula is C24H24ClN7O3. The summed E-state index contributed by atoms with van der Waals surface area (Å²) in [6, 6.07) is 9.15. The van der Waals surface area contributed by atoms with Gasteiger partial charge in [-0.3, -0.25) is 9.78 Å². The summed E-state index contributed by atoms with van der Waals surface area (Å²) in [7, 11) is 0. The predicted octanol–water partition coefficient (Wildman–Crippen LogP) is 3.23. The van der Waals surface area contributed by atoms with Crippen molar-refractivity contribution in [1.29, 1.82) is 0 Å². The second-order valence-electron chi connectivity index (χ2n) is 7.93. The smallest absolute Gasteiger partial charge is 0.376 e. The Kier molecular flexibility index (Phi) is 6.92. The minimum Gasteiger partial charge on any atom is -0.460 e. The van der Waals surface area contributed by atoms with Crippen LogP contribution in [-0.4, -0.2) is 43.2 Å². The molecule has 0 fully saturated rings. The van der Waals surface area contributed by atoms with Crippen LogP contribution in [0, 0.1) is 13.8 Å². The van der Waals surface area contributed by atoms with Crippen molar-refractivity contribution in [2.24, 2.45) is 0 Å². The lowest BCUT2D eigenvalue weighted by Gasteiger charge is -2.10. The fourth-order valence-electron chi connectivity index (χ4n) is 3.72. The standard InChI is InChI=1S/C24H24ClN7O3/c1-4-35-24(34)22-30-21(23(33)28-11-18-13(2)7-20(26)29-14(18)3)31-32(22)12-15-5-6-19-16(8-15)9-17(25)10-27-19/h5-10H,4,11-12H2,1-3H3,(H2,26,29)(H,28,33). The van der Waals surface area contributed by atoms with E-state index in [0.717, 1.165) is 33.3 Å². The lowest BCUT2D eigenvalue weighted by molar-refractivity contribution is 0.0505. The number of rotatable bonds is 7. The molecule has 0 aliphatic heterocycles. The first-order chi connectivity index (χ1) is 16.7. The fourth-order valence-corrected chi connectivity index (χ4v) is 3.89. The minimum atomic E-state index is -0.668. The maximum atomic E-state index is 12.8. The van der Waals surface area contributed by atoms with Crippen molar-refractivity contribution in [3.63, 3.8) is 0 Å². The molecule has 0 radical (unpaired) electrons. The van der Waals surface area contributed by atoms with E-state index in [-0.39, 0.29) is 31.3 Å². The quantitative estimate of drug-likeness (QED) is 0.374. The zero-order valence-electron chi connectivity index (χ0n) is 19.5. The third kappa shape index (κ3) is 5.38. The summed E-state index contributed by atoms with van der Waals surface area (Å²) in [5.74, 6) is -0.986. The number of nitrogens with one attached hydrogen (secondary N) is 1. The third-order valence-corrected chi connectivity index (χ3v) is 5.58. The molecule has 11 heteroatoms. The number of anilines is 1. The van der Waals surface area contributed by atoms with Crippen molar-refractivity contribution in [3.05, 3.63) is 75.6 Å². The van der Waals surface area contributed by atoms with Crippen LogP contribution in [0.15, 0.2) is 36.5 Å². The maximum absolute atomic E-state index is 12.8. The molecule has 0 unspecified atom stereocenters. The van der Waals surface area contributed by atoms with Gasteiger partial charge < -0.3 is 15.8 Å². The number of pyridine rings is 2. The lowest BCUT2D eigenvalue weighted by atomic mass is 10.1. The van der Waals surface area contributed by atoms with Gasteiger partial charge in [-0.25, -0.2) is 14.5 Å². The van der Waals surface area contributed by atoms with E-state index in [1.165, 1.54) is 4.68 Å². The van der Waals surface area contributed by atoms with Gasteiger partial charge in [0.05, 0.1) is 23.7 Å². The molecule has 0 saturated carbocycles. The molecule has 3 N–H and O–H groups in total. The van der Waals surface area contributed by atoms with Gasteiger partial charge >= 0.3 is 5.97 Å². The van der Waals surface area contributed by atoms with Crippen LogP contribution in [-0.2, 0) is 17.8 Å². The summed E-state index contributed by atoms with van der Waals surface area (Å²) < 4.78 is 6.47. The molecule has 35 heavy (non-hydrogen) atoms. The molecule has 0 saturated heterocycles. The molecule has 4 aromatic rings. The highest BCUT2D eigenvalue weighted by molar-refractivity contribution is 6.31. The summed E-state index contributed by atoms with van der Waals surface area (Å²) in [6.45, 7) is 5.98. The highest BCUT2D eigenvalue weighted by Gasteiger charge is 2.23. The monoisotopic (exact) mass is 493 g/mol. The van der Waals surface area contributed by atoms with Gasteiger partial charge in [0.1, 0.15) is 5.82 Å². The number of fused-ring (bicyclic) bond motifs is 1. The van der Waals surface area contributed by atoms with Crippen molar-refractivity contribution >= 4 is 40.2 Å². The average Bonchev–Trinajstić information content (AvgIpc) is 3.22. The Labute approximate surface area is 206 Å². The number of nitrogens with zero attached hydrogens (tertiary/aromatic N) is 5. The first kappa shape index (κ1) is 24.1. The minimum absolute atomic E-state index is 0.0668. The van der Waals surface area contributed by atoms with Gasteiger partial charge in [-0.15, -0.1) is 5.10 Å². The zero-order chi connectivity index (χ0) is 25.1. The Morgan fingerprint density at radius 2 is 1.97 bits per heavy atom. The number of esters is 1. The number of nitrogen functional groups attached to an aromatic ring is 1. The van der Waals surface area contributed by atoms with Gasteiger partial charge in [0, 0.05) is 23.8 Å². The highest BCUT2D eigenvalue weighted by Crippen LogP contribution is 2.19. The molecule has 1 amide bonds. The summed E-state index contributed by atoms with van der Waals surface area (Å²) >= 11 is 6.07. The summed E-state index contributed by atoms with van der Waals surface area (Å²) in [4.78, 5) is 38.1. The number of aromatic nitrogens is 5. The number of hydrogen-bond donors (Lipinski definition) is 2. The number of amides is 1. The number of ether oxygens (including phenoxy) is 1. The lowest BCUT2D eigenvalue weighted by Crippen LogP contribution is -2.25. The Morgan fingerprint density at radius 3 is 2.71 bits per heavy atom. The first-order valence-electron chi connectivity index (χ1n) is 10.9. The third-order valence-electron chi connectivity index (χ3n) is 5.38. The van der Waals surface area contributed by atoms with Crippen molar-refractivity contribution in [3.8, 4) is 0 Å². The molecule has 0 aliphatic carbocycles. The number of halogens is 1. The van der Waals surface area contributed by atoms with Crippen LogP contribution in [0.5, 0.6) is 0 Å². The largest absolute Gasteiger partial charge is 0.460 e. The van der Waals surface area contributed by atoms with Crippen molar-refractivity contribution in [2.45, 2.75) is 33.9 Å². The number of carbonyl (C=O) groups is 2. The topological polar surface area (TPSA) is 138 Å². The molecule has 0 atom stereocenters. The molecule has 3 heterocycles. The Balaban J connectivity index is 1.59. The van der Waals surface area contributed by atoms with Gasteiger partial charge in [0.25, 0.3) is 5.91 Å². The van der Waals surface area contributed by atoms with Crippen molar-refractivity contribution in [2.75, 3.05) is 12.3 Å². The van der Waals surface area contributed by atoms with Gasteiger partial charge in [-0.05, 0) is 61.7 Å². The van der Waals surface area contributed by atoms with E-state index in [1.54, 1.807) is 25.3 Å². The first-order valence-corrected chi connectivity index (χ1v) is 11.3. The van der Waals surface area contributed by atoms with E-state index in [0.29, 0.717) is 10.8 Å². The van der Waals surface area contributed by atoms with Crippen LogP contribution in [0.4, 0.5) is 5.82 Å². The maximum Gasteiger partial charge on any atom is 0.376 e. The fraction of sp³-hybridized carbons (Fsp3) is 0.250. The second-order valence-corrected chi connectivity index (χ2v) is 8.36. The van der Waals surface area contributed by atoms with E-state index >= 15 is 0 Å². The van der Waals surface area contributed by atoms with Crippen LogP contribution in [0.2, 0.25) is 5.02 Å². The predicted molar refractivity (Wildman–Crippen MR) is 131 cm³/mol. The van der Waals surface area contributed by atoms with Crippen LogP contribution >= 0.6 is 11.6 Å². The van der Waals surface area contributed by atoms with Crippen molar-refractivity contribution < 1.29 is 14.3 Å². The van der Waals surface area contributed by atoms with E-state index in [2.05, 4.69) is 25.4 Å². The average molecular weight is 494 g/mol. The molecule has 3 aromatic heterocycles. The Hall–Kier alpha value is -4.05. The Bertz CT molecular complexity index is 1410. The number of nitrogens with two attached hydrogens (primary N) is 1. The molecule has 0 bridgehead atoms. The molecule has 180 valence electrons. The molecule has 0 aliphatic rings. The van der Waals surface area contributed by atoms with Crippen LogP contribution < -0.4 is 11.1 Å². The van der Waals surface area contributed by atoms with Gasteiger partial charge in [0.2, 0.25) is 11.6 Å². The number of benzene rings is 1. The second kappa shape index (κ2) is 10.1. The van der Waals surface area contributed by atoms with Gasteiger partial charge in [0.15, 0.2) is 0 Å². The van der Waals surface area contributed by atoms with Crippen LogP contribution in [0.25, 0.3) is 10.9 Å². The SMILES string of the molecule is CCOC(=O)c1nc(C(=O)NCc2c(C)cc(N)nc2C)nn1Cc1ccc2ncc(Cl)cc2c1. The van der Waals surface area contributed by atoms with E-state index < -0.39 is 11.9 Å². The van der Waals surface area contributed by atoms with Gasteiger partial charge in [-0.2, -0.15) is 4.98 Å². The molecule has 0 spiro atoms. The number of aryl methyl sites for hydroxylation is 2. The highest BCUT2D eigenvalue weighted by atomic mass is 35.5. The summed E-state index contributed by atoms with van der Waals surface area (Å²) in [6.07, 6.45) is 1.58. The zero-order valence-corrected chi connectivity index (χ0v) is 20.3.